The number of nitrogens with zero attached hydrogens (tertiary/aromatic N) is 1. The van der Waals surface area contributed by atoms with Crippen molar-refractivity contribution in [1.82, 2.24) is 15.3 Å². The van der Waals surface area contributed by atoms with Crippen molar-refractivity contribution in [2.45, 2.75) is 13.1 Å². The first kappa shape index (κ1) is 13.4. The third-order valence-corrected chi connectivity index (χ3v) is 3.79. The maximum absolute atomic E-state index is 5.97. The average Bonchev–Trinajstić information content (AvgIpc) is 3.12. The molecule has 0 aliphatic carbocycles. The first-order valence-electron chi connectivity index (χ1n) is 7.01. The second-order valence-electron chi connectivity index (χ2n) is 5.14. The number of ether oxygens (including phenoxy) is 2. The number of hydrogen-bond donors (Lipinski definition) is 2. The molecule has 0 radical (unpaired) electrons. The molecule has 6 heteroatoms. The predicted molar refractivity (Wildman–Crippen MR) is 84.2 cm³/mol. The van der Waals surface area contributed by atoms with Crippen LogP contribution in [0.5, 0.6) is 11.5 Å². The number of hydrogen-bond acceptors (Lipinski definition) is 4. The highest BCUT2D eigenvalue weighted by Gasteiger charge is 2.13. The minimum absolute atomic E-state index is 0.299. The van der Waals surface area contributed by atoms with Gasteiger partial charge in [0, 0.05) is 11.6 Å². The van der Waals surface area contributed by atoms with Crippen molar-refractivity contribution in [1.29, 1.82) is 0 Å². The summed E-state index contributed by atoms with van der Waals surface area (Å²) in [7, 11) is 0. The van der Waals surface area contributed by atoms with E-state index in [0.29, 0.717) is 18.4 Å². The number of rotatable bonds is 4. The summed E-state index contributed by atoms with van der Waals surface area (Å²) < 4.78 is 10.7. The predicted octanol–water partition coefficient (Wildman–Crippen LogP) is 3.23. The molecular weight excluding hydrogens is 302 g/mol. The Bertz CT molecular complexity index is 831. The highest BCUT2D eigenvalue weighted by Crippen LogP contribution is 2.32. The molecule has 0 saturated heterocycles. The summed E-state index contributed by atoms with van der Waals surface area (Å²) in [6.07, 6.45) is 0. The zero-order valence-electron chi connectivity index (χ0n) is 11.7. The van der Waals surface area contributed by atoms with Crippen LogP contribution in [-0.4, -0.2) is 16.8 Å². The van der Waals surface area contributed by atoms with E-state index in [2.05, 4.69) is 15.3 Å². The van der Waals surface area contributed by atoms with Crippen molar-refractivity contribution in [3.05, 3.63) is 52.8 Å². The van der Waals surface area contributed by atoms with Crippen LogP contribution in [-0.2, 0) is 13.1 Å². The van der Waals surface area contributed by atoms with Gasteiger partial charge in [0.25, 0.3) is 0 Å². The number of aromatic amines is 1. The van der Waals surface area contributed by atoms with Gasteiger partial charge < -0.3 is 19.8 Å². The minimum atomic E-state index is 0.299. The van der Waals surface area contributed by atoms with Crippen LogP contribution in [0.2, 0.25) is 5.02 Å². The lowest BCUT2D eigenvalue weighted by molar-refractivity contribution is 0.174. The number of H-pyrrole nitrogens is 1. The van der Waals surface area contributed by atoms with Crippen molar-refractivity contribution in [2.24, 2.45) is 0 Å². The summed E-state index contributed by atoms with van der Waals surface area (Å²) >= 11 is 5.97. The van der Waals surface area contributed by atoms with E-state index in [9.17, 15) is 0 Å². The number of nitrogens with one attached hydrogen (secondary N) is 2. The highest BCUT2D eigenvalue weighted by molar-refractivity contribution is 6.31. The fourth-order valence-corrected chi connectivity index (χ4v) is 2.67. The summed E-state index contributed by atoms with van der Waals surface area (Å²) in [4.78, 5) is 7.78. The van der Waals surface area contributed by atoms with E-state index in [4.69, 9.17) is 21.1 Å². The van der Waals surface area contributed by atoms with Gasteiger partial charge in [-0.15, -0.1) is 0 Å². The molecule has 0 spiro atoms. The van der Waals surface area contributed by atoms with Crippen molar-refractivity contribution in [3.8, 4) is 11.5 Å². The molecule has 4 rings (SSSR count). The van der Waals surface area contributed by atoms with Crippen LogP contribution < -0.4 is 14.8 Å². The SMILES string of the molecule is Clc1ccc2nc(CNCc3ccc4c(c3)OCO4)[nH]c2c1. The van der Waals surface area contributed by atoms with E-state index in [1.54, 1.807) is 0 Å². The number of aromatic nitrogens is 2. The lowest BCUT2D eigenvalue weighted by Crippen LogP contribution is -2.13. The van der Waals surface area contributed by atoms with E-state index in [1.165, 1.54) is 0 Å². The van der Waals surface area contributed by atoms with E-state index in [0.717, 1.165) is 40.5 Å². The summed E-state index contributed by atoms with van der Waals surface area (Å²) in [5.74, 6) is 2.49. The fourth-order valence-electron chi connectivity index (χ4n) is 2.49. The van der Waals surface area contributed by atoms with E-state index >= 15 is 0 Å². The quantitative estimate of drug-likeness (QED) is 0.776. The molecule has 0 unspecified atom stereocenters. The first-order chi connectivity index (χ1) is 10.8. The molecule has 0 bridgehead atoms. The van der Waals surface area contributed by atoms with Gasteiger partial charge in [0.2, 0.25) is 6.79 Å². The van der Waals surface area contributed by atoms with E-state index in [-0.39, 0.29) is 0 Å². The van der Waals surface area contributed by atoms with Crippen LogP contribution in [0.4, 0.5) is 0 Å². The van der Waals surface area contributed by atoms with Crippen LogP contribution >= 0.6 is 11.6 Å². The minimum Gasteiger partial charge on any atom is -0.454 e. The molecule has 2 heterocycles. The molecule has 1 aliphatic rings. The summed E-state index contributed by atoms with van der Waals surface area (Å²) in [5, 5.41) is 4.07. The van der Waals surface area contributed by atoms with Gasteiger partial charge in [0.05, 0.1) is 17.6 Å². The molecule has 112 valence electrons. The maximum Gasteiger partial charge on any atom is 0.231 e. The molecule has 1 aliphatic heterocycles. The Labute approximate surface area is 132 Å². The van der Waals surface area contributed by atoms with Crippen LogP contribution in [0.25, 0.3) is 11.0 Å². The molecule has 0 fully saturated rings. The zero-order chi connectivity index (χ0) is 14.9. The molecule has 2 aromatic carbocycles. The monoisotopic (exact) mass is 315 g/mol. The van der Waals surface area contributed by atoms with Crippen molar-refractivity contribution in [2.75, 3.05) is 6.79 Å². The first-order valence-corrected chi connectivity index (χ1v) is 7.39. The lowest BCUT2D eigenvalue weighted by Gasteiger charge is -2.04. The maximum atomic E-state index is 5.97. The van der Waals surface area contributed by atoms with Gasteiger partial charge in [-0.1, -0.05) is 17.7 Å². The Morgan fingerprint density at radius 1 is 1.09 bits per heavy atom. The Morgan fingerprint density at radius 2 is 2.00 bits per heavy atom. The number of fused-ring (bicyclic) bond motifs is 2. The Hall–Kier alpha value is -2.24. The van der Waals surface area contributed by atoms with Gasteiger partial charge in [-0.2, -0.15) is 0 Å². The molecule has 2 N–H and O–H groups in total. The molecule has 5 nitrogen and oxygen atoms in total. The largest absolute Gasteiger partial charge is 0.454 e. The topological polar surface area (TPSA) is 59.2 Å². The van der Waals surface area contributed by atoms with Crippen molar-refractivity contribution in [3.63, 3.8) is 0 Å². The van der Waals surface area contributed by atoms with Crippen LogP contribution in [0.1, 0.15) is 11.4 Å². The highest BCUT2D eigenvalue weighted by atomic mass is 35.5. The second-order valence-corrected chi connectivity index (χ2v) is 5.57. The van der Waals surface area contributed by atoms with Crippen LogP contribution in [0.3, 0.4) is 0 Å². The van der Waals surface area contributed by atoms with Gasteiger partial charge in [0.15, 0.2) is 11.5 Å². The fraction of sp³-hybridized carbons (Fsp3) is 0.188. The Balaban J connectivity index is 1.41. The van der Waals surface area contributed by atoms with Gasteiger partial charge in [-0.05, 0) is 35.9 Å². The smallest absolute Gasteiger partial charge is 0.231 e. The number of halogens is 1. The molecular formula is C16H14ClN3O2. The second kappa shape index (κ2) is 5.51. The molecule has 0 atom stereocenters. The van der Waals surface area contributed by atoms with Gasteiger partial charge in [0.1, 0.15) is 5.82 Å². The number of imidazole rings is 1. The number of benzene rings is 2. The molecule has 22 heavy (non-hydrogen) atoms. The van der Waals surface area contributed by atoms with Crippen LogP contribution in [0, 0.1) is 0 Å². The van der Waals surface area contributed by atoms with Gasteiger partial charge >= 0.3 is 0 Å². The average molecular weight is 316 g/mol. The molecule has 3 aromatic rings. The molecule has 0 amide bonds. The zero-order valence-corrected chi connectivity index (χ0v) is 12.5. The van der Waals surface area contributed by atoms with Gasteiger partial charge in [-0.25, -0.2) is 4.98 Å². The van der Waals surface area contributed by atoms with E-state index in [1.807, 2.05) is 36.4 Å². The van der Waals surface area contributed by atoms with Gasteiger partial charge in [-0.3, -0.25) is 0 Å². The third kappa shape index (κ3) is 2.61. The molecule has 0 saturated carbocycles. The third-order valence-electron chi connectivity index (χ3n) is 3.55. The summed E-state index contributed by atoms with van der Waals surface area (Å²) in [6, 6.07) is 11.6. The Kier molecular flexibility index (Phi) is 3.36. The standard InChI is InChI=1S/C16H14ClN3O2/c17-11-2-3-12-13(6-11)20-16(19-12)8-18-7-10-1-4-14-15(5-10)22-9-21-14/h1-6,18H,7-9H2,(H,19,20). The van der Waals surface area contributed by atoms with Crippen molar-refractivity contribution < 1.29 is 9.47 Å². The lowest BCUT2D eigenvalue weighted by atomic mass is 10.2. The Morgan fingerprint density at radius 3 is 2.95 bits per heavy atom. The van der Waals surface area contributed by atoms with E-state index < -0.39 is 0 Å². The summed E-state index contributed by atoms with van der Waals surface area (Å²) in [6.45, 7) is 1.68. The van der Waals surface area contributed by atoms with Crippen molar-refractivity contribution >= 4 is 22.6 Å². The summed E-state index contributed by atoms with van der Waals surface area (Å²) in [5.41, 5.74) is 3.01. The van der Waals surface area contributed by atoms with Crippen LogP contribution in [0.15, 0.2) is 36.4 Å². The molecule has 1 aromatic heterocycles. The normalized spacial score (nSPS) is 13.0.